The first-order valence-electron chi connectivity index (χ1n) is 22.6. The number of fused-ring (bicyclic) bond motifs is 2. The number of rotatable bonds is 14. The molecule has 0 radical (unpaired) electrons. The van der Waals surface area contributed by atoms with Gasteiger partial charge in [0, 0.05) is 13.0 Å². The number of carbonyl (C=O) groups is 3. The molecule has 0 saturated heterocycles. The van der Waals surface area contributed by atoms with E-state index >= 15 is 8.42 Å². The van der Waals surface area contributed by atoms with Crippen LogP contribution in [-0.4, -0.2) is 85.7 Å². The molecule has 0 unspecified atom stereocenters. The summed E-state index contributed by atoms with van der Waals surface area (Å²) in [4.78, 5) is 41.9. The molecule has 0 amide bonds. The second-order valence-electron chi connectivity index (χ2n) is 22.0. The summed E-state index contributed by atoms with van der Waals surface area (Å²) in [6, 6.07) is -3.26. The van der Waals surface area contributed by atoms with Gasteiger partial charge in [-0.2, -0.15) is 9.03 Å². The number of carbonyl (C=O) groups excluding carboxylic acids is 3. The summed E-state index contributed by atoms with van der Waals surface area (Å²) in [7, 11) is -9.26. The standard InChI is InChI=1S/C49H76N2O12S2.CH4/c1-28-30(3)41(32(5)34-22-25-48(16,17)60-39(28)34)64(55,56)50-36(43(53)62-46(10,11)12)24-27-51(37(44(54)63-47(13,14)15)20-21-38(52)59-45(7,8)9)65(57,58)42-31(4)29(2)40-35(33(42)6)23-26-49(18,19)61-40;/h36-37,50H,20-27H2,1-19H3;1H4/t36-,37-;/m0./s1. The molecule has 2 aromatic rings. The Labute approximate surface area is 396 Å². The Morgan fingerprint density at radius 3 is 1.47 bits per heavy atom. The average Bonchev–Trinajstić information content (AvgIpc) is 3.10. The summed E-state index contributed by atoms with van der Waals surface area (Å²) in [5, 5.41) is 0. The van der Waals surface area contributed by atoms with Gasteiger partial charge in [0.15, 0.2) is 0 Å². The molecule has 0 saturated carbocycles. The quantitative estimate of drug-likeness (QED) is 0.140. The predicted molar refractivity (Wildman–Crippen MR) is 257 cm³/mol. The van der Waals surface area contributed by atoms with E-state index in [2.05, 4.69) is 4.72 Å². The Morgan fingerprint density at radius 2 is 1.03 bits per heavy atom. The van der Waals surface area contributed by atoms with E-state index in [1.54, 1.807) is 104 Å². The number of hydrogen-bond acceptors (Lipinski definition) is 12. The van der Waals surface area contributed by atoms with Gasteiger partial charge in [-0.3, -0.25) is 14.4 Å². The van der Waals surface area contributed by atoms with Crippen LogP contribution in [0.2, 0.25) is 0 Å². The summed E-state index contributed by atoms with van der Waals surface area (Å²) in [6.45, 7) is 32.7. The van der Waals surface area contributed by atoms with E-state index in [9.17, 15) is 22.8 Å². The maximum absolute atomic E-state index is 15.6. The molecule has 0 fully saturated rings. The van der Waals surface area contributed by atoms with Crippen molar-refractivity contribution in [3.8, 4) is 11.5 Å². The predicted octanol–water partition coefficient (Wildman–Crippen LogP) is 9.28. The van der Waals surface area contributed by atoms with Gasteiger partial charge in [0.25, 0.3) is 0 Å². The molecule has 66 heavy (non-hydrogen) atoms. The van der Waals surface area contributed by atoms with Crippen LogP contribution in [0.4, 0.5) is 0 Å². The molecule has 0 aliphatic carbocycles. The Balaban J connectivity index is 0.0000116. The van der Waals surface area contributed by atoms with Crippen LogP contribution in [-0.2, 0) is 61.5 Å². The Morgan fingerprint density at radius 1 is 0.621 bits per heavy atom. The largest absolute Gasteiger partial charge is 0.487 e. The zero-order chi connectivity index (χ0) is 49.8. The van der Waals surface area contributed by atoms with Gasteiger partial charge in [0.2, 0.25) is 20.0 Å². The molecule has 2 aromatic carbocycles. The molecule has 2 atom stereocenters. The van der Waals surface area contributed by atoms with E-state index in [1.807, 2.05) is 27.7 Å². The third kappa shape index (κ3) is 13.3. The molecule has 0 spiro atoms. The Bertz CT molecular complexity index is 2420. The van der Waals surface area contributed by atoms with Crippen LogP contribution in [0.3, 0.4) is 0 Å². The highest BCUT2D eigenvalue weighted by molar-refractivity contribution is 7.89. The summed E-state index contributed by atoms with van der Waals surface area (Å²) >= 11 is 0. The van der Waals surface area contributed by atoms with Crippen molar-refractivity contribution < 1.29 is 54.9 Å². The first-order valence-corrected chi connectivity index (χ1v) is 25.6. The molecule has 2 heterocycles. The van der Waals surface area contributed by atoms with Gasteiger partial charge in [0.1, 0.15) is 51.6 Å². The molecule has 0 bridgehead atoms. The second kappa shape index (κ2) is 19.7. The van der Waals surface area contributed by atoms with Crippen LogP contribution in [0.15, 0.2) is 9.79 Å². The number of nitrogens with one attached hydrogen (secondary N) is 1. The summed E-state index contributed by atoms with van der Waals surface area (Å²) in [6.07, 6.45) is 1.18. The third-order valence-corrected chi connectivity index (χ3v) is 15.8. The lowest BCUT2D eigenvalue weighted by Crippen LogP contribution is -2.51. The summed E-state index contributed by atoms with van der Waals surface area (Å²) in [5.74, 6) is -1.31. The van der Waals surface area contributed by atoms with Gasteiger partial charge < -0.3 is 23.7 Å². The van der Waals surface area contributed by atoms with Gasteiger partial charge in [-0.05, 0) is 215 Å². The van der Waals surface area contributed by atoms with E-state index in [-0.39, 0.29) is 30.1 Å². The van der Waals surface area contributed by atoms with Crippen molar-refractivity contribution in [3.05, 3.63) is 44.5 Å². The fourth-order valence-electron chi connectivity index (χ4n) is 8.54. The van der Waals surface area contributed by atoms with Crippen molar-refractivity contribution in [1.82, 2.24) is 9.03 Å². The fourth-order valence-corrected chi connectivity index (χ4v) is 12.5. The summed E-state index contributed by atoms with van der Waals surface area (Å²) < 4.78 is 94.4. The van der Waals surface area contributed by atoms with E-state index in [0.29, 0.717) is 76.1 Å². The average molecular weight is 965 g/mol. The lowest BCUT2D eigenvalue weighted by atomic mass is 9.88. The van der Waals surface area contributed by atoms with Crippen LogP contribution in [0.5, 0.6) is 11.5 Å². The van der Waals surface area contributed by atoms with Gasteiger partial charge in [-0.25, -0.2) is 16.8 Å². The highest BCUT2D eigenvalue weighted by Gasteiger charge is 2.44. The molecule has 16 heteroatoms. The van der Waals surface area contributed by atoms with Crippen LogP contribution >= 0.6 is 0 Å². The van der Waals surface area contributed by atoms with Crippen LogP contribution < -0.4 is 14.2 Å². The SMILES string of the molecule is C.Cc1c(C)c(S(=O)(=O)N[C@@H](CCN([C@@H](CCC(=O)OC(C)(C)C)C(=O)OC(C)(C)C)S(=O)(=O)c2c(C)c(C)c3c(c2C)CCC(C)(C)O3)C(=O)OC(C)(C)C)c(C)c2c1OC(C)(C)CC2. The molecule has 2 aliphatic heterocycles. The van der Waals surface area contributed by atoms with Crippen molar-refractivity contribution in [2.75, 3.05) is 6.54 Å². The van der Waals surface area contributed by atoms with Crippen LogP contribution in [0.25, 0.3) is 0 Å². The minimum absolute atomic E-state index is 0. The van der Waals surface area contributed by atoms with Gasteiger partial charge >= 0.3 is 17.9 Å². The van der Waals surface area contributed by atoms with Gasteiger partial charge in [-0.1, -0.05) is 7.43 Å². The van der Waals surface area contributed by atoms with E-state index in [4.69, 9.17) is 23.7 Å². The van der Waals surface area contributed by atoms with Crippen LogP contribution in [0.1, 0.15) is 174 Å². The Kier molecular flexibility index (Phi) is 16.9. The molecular formula is C50H80N2O12S2. The monoisotopic (exact) mass is 965 g/mol. The first kappa shape index (κ1) is 56.6. The highest BCUT2D eigenvalue weighted by Crippen LogP contribution is 2.44. The molecule has 1 N–H and O–H groups in total. The number of esters is 3. The zero-order valence-corrected chi connectivity index (χ0v) is 44.1. The maximum Gasteiger partial charge on any atom is 0.324 e. The van der Waals surface area contributed by atoms with Crippen molar-refractivity contribution in [2.45, 2.75) is 234 Å². The van der Waals surface area contributed by atoms with Crippen molar-refractivity contribution >= 4 is 38.0 Å². The smallest absolute Gasteiger partial charge is 0.324 e. The zero-order valence-electron chi connectivity index (χ0n) is 42.5. The second-order valence-corrected chi connectivity index (χ2v) is 25.5. The molecule has 374 valence electrons. The number of sulfonamides is 2. The molecule has 2 aliphatic rings. The van der Waals surface area contributed by atoms with Crippen molar-refractivity contribution in [2.24, 2.45) is 0 Å². The minimum atomic E-state index is -4.74. The lowest BCUT2D eigenvalue weighted by molar-refractivity contribution is -0.161. The number of nitrogens with zero attached hydrogens (tertiary/aromatic N) is 1. The topological polar surface area (TPSA) is 181 Å². The van der Waals surface area contributed by atoms with Crippen molar-refractivity contribution in [3.63, 3.8) is 0 Å². The summed E-state index contributed by atoms with van der Waals surface area (Å²) in [5.41, 5.74) is 0.516. The minimum Gasteiger partial charge on any atom is -0.487 e. The molecule has 14 nitrogen and oxygen atoms in total. The normalized spacial score (nSPS) is 17.0. The van der Waals surface area contributed by atoms with Crippen molar-refractivity contribution in [1.29, 1.82) is 0 Å². The van der Waals surface area contributed by atoms with E-state index in [1.165, 1.54) is 0 Å². The molecular weight excluding hydrogens is 885 g/mol. The van der Waals surface area contributed by atoms with E-state index in [0.717, 1.165) is 9.87 Å². The molecule has 0 aromatic heterocycles. The van der Waals surface area contributed by atoms with Crippen LogP contribution in [0, 0.1) is 41.5 Å². The Hall–Kier alpha value is -3.73. The first-order chi connectivity index (χ1) is 29.3. The number of benzene rings is 2. The maximum atomic E-state index is 15.6. The number of hydrogen-bond donors (Lipinski definition) is 1. The third-order valence-electron chi connectivity index (χ3n) is 11.9. The van der Waals surface area contributed by atoms with Gasteiger partial charge in [-0.15, -0.1) is 0 Å². The van der Waals surface area contributed by atoms with Gasteiger partial charge in [0.05, 0.1) is 9.79 Å². The lowest BCUT2D eigenvalue weighted by Gasteiger charge is -2.37. The van der Waals surface area contributed by atoms with E-state index < -0.39 is 91.0 Å². The molecule has 4 rings (SSSR count). The fraction of sp³-hybridized carbons (Fsp3) is 0.700. The number of ether oxygens (including phenoxy) is 5. The highest BCUT2D eigenvalue weighted by atomic mass is 32.2.